The maximum atomic E-state index is 7.21. The van der Waals surface area contributed by atoms with E-state index in [1.165, 1.54) is 54.1 Å². The Morgan fingerprint density at radius 2 is 0.506 bits per heavy atom. The van der Waals surface area contributed by atoms with Crippen molar-refractivity contribution >= 4 is 87.2 Å². The van der Waals surface area contributed by atoms with E-state index in [0.29, 0.717) is 23.0 Å². The Hall–Kier alpha value is -11.3. The van der Waals surface area contributed by atoms with E-state index in [4.69, 9.17) is 9.47 Å². The fourth-order valence-corrected chi connectivity index (χ4v) is 13.4. The Kier molecular flexibility index (Phi) is 11.0. The van der Waals surface area contributed by atoms with Crippen LogP contribution in [0.3, 0.4) is 0 Å². The minimum atomic E-state index is 0.697. The van der Waals surface area contributed by atoms with Crippen molar-refractivity contribution in [2.45, 2.75) is 6.92 Å². The number of rotatable bonds is 10. The molecule has 0 aliphatic rings. The van der Waals surface area contributed by atoms with Gasteiger partial charge in [-0.2, -0.15) is 0 Å². The summed E-state index contributed by atoms with van der Waals surface area (Å²) in [7, 11) is 0. The number of hydrogen-bond acceptors (Lipinski definition) is 2. The lowest BCUT2D eigenvalue weighted by atomic mass is 10.0. The summed E-state index contributed by atoms with van der Waals surface area (Å²) in [4.78, 5) is 0. The molecule has 0 amide bonds. The van der Waals surface area contributed by atoms with Gasteiger partial charge in [-0.15, -0.1) is 0 Å². The predicted molar refractivity (Wildman–Crippen MR) is 352 cm³/mol. The highest BCUT2D eigenvalue weighted by Gasteiger charge is 2.21. The van der Waals surface area contributed by atoms with Crippen molar-refractivity contribution in [2.24, 2.45) is 0 Å². The van der Waals surface area contributed by atoms with E-state index in [-0.39, 0.29) is 0 Å². The largest absolute Gasteiger partial charge is 0.457 e. The fraction of sp³-hybridized carbons (Fsp3) is 0.0127. The van der Waals surface area contributed by atoms with Crippen LogP contribution in [0, 0.1) is 6.92 Å². The van der Waals surface area contributed by atoms with Crippen molar-refractivity contribution in [3.63, 3.8) is 0 Å². The van der Waals surface area contributed by atoms with Gasteiger partial charge in [-0.3, -0.25) is 0 Å². The van der Waals surface area contributed by atoms with Crippen LogP contribution in [0.1, 0.15) is 5.56 Å². The summed E-state index contributed by atoms with van der Waals surface area (Å²) in [6.07, 6.45) is 0. The second-order valence-corrected chi connectivity index (χ2v) is 22.1. The second kappa shape index (κ2) is 19.4. The van der Waals surface area contributed by atoms with Crippen LogP contribution in [0.25, 0.3) is 132 Å². The van der Waals surface area contributed by atoms with Gasteiger partial charge in [-0.05, 0) is 151 Å². The van der Waals surface area contributed by atoms with Crippen molar-refractivity contribution in [3.8, 4) is 68.0 Å². The van der Waals surface area contributed by atoms with Crippen molar-refractivity contribution in [3.05, 3.63) is 303 Å². The van der Waals surface area contributed by atoms with E-state index < -0.39 is 0 Å². The molecule has 17 aromatic rings. The van der Waals surface area contributed by atoms with E-state index in [9.17, 15) is 0 Å². The summed E-state index contributed by atoms with van der Waals surface area (Å²) in [5.41, 5.74) is 18.5. The molecule has 0 spiro atoms. The second-order valence-electron chi connectivity index (χ2n) is 22.1. The molecule has 0 fully saturated rings. The zero-order valence-electron chi connectivity index (χ0n) is 46.4. The SMILES string of the molecule is Cc1c(Oc2cc(-c3ccc4c(c3)c3ccccc3n4-c3ccccc3)cc(-n3c4ccccc4c4ccccc43)c2)cccc1Oc1cc(-c2ccc3c(c2)c2ccccc2n3-c2ccccc2)cc(-n2c3ccccc3c3ccccc32)c1. The maximum Gasteiger partial charge on any atom is 0.134 e. The molecule has 4 heterocycles. The van der Waals surface area contributed by atoms with Crippen LogP contribution in [0.15, 0.2) is 297 Å². The van der Waals surface area contributed by atoms with Gasteiger partial charge in [0.15, 0.2) is 0 Å². The normalized spacial score (nSPS) is 11.8. The Morgan fingerprint density at radius 1 is 0.212 bits per heavy atom. The third-order valence-corrected chi connectivity index (χ3v) is 17.2. The first-order valence-electron chi connectivity index (χ1n) is 29.0. The summed E-state index contributed by atoms with van der Waals surface area (Å²) < 4.78 is 23.9. The first-order valence-corrected chi connectivity index (χ1v) is 29.0. The van der Waals surface area contributed by atoms with Crippen molar-refractivity contribution < 1.29 is 9.47 Å². The summed E-state index contributed by atoms with van der Waals surface area (Å²) in [5.74, 6) is 2.81. The number of ether oxygens (including phenoxy) is 2. The van der Waals surface area contributed by atoms with E-state index >= 15 is 0 Å². The van der Waals surface area contributed by atoms with E-state index in [1.807, 2.05) is 18.2 Å². The molecule has 4 aromatic heterocycles. The highest BCUT2D eigenvalue weighted by Crippen LogP contribution is 2.44. The number of fused-ring (bicyclic) bond motifs is 12. The van der Waals surface area contributed by atoms with Crippen LogP contribution in [-0.2, 0) is 0 Å². The van der Waals surface area contributed by atoms with Gasteiger partial charge in [0.05, 0.1) is 55.5 Å². The number of nitrogens with zero attached hydrogens (tertiary/aromatic N) is 4. The molecule has 13 aromatic carbocycles. The number of para-hydroxylation sites is 8. The summed E-state index contributed by atoms with van der Waals surface area (Å²) in [6.45, 7) is 2.09. The molecule has 0 N–H and O–H groups in total. The molecule has 85 heavy (non-hydrogen) atoms. The highest BCUT2D eigenvalue weighted by molar-refractivity contribution is 6.13. The van der Waals surface area contributed by atoms with Gasteiger partial charge in [-0.1, -0.05) is 164 Å². The molecule has 0 aliphatic carbocycles. The predicted octanol–water partition coefficient (Wildman–Crippen LogP) is 21.3. The minimum Gasteiger partial charge on any atom is -0.457 e. The van der Waals surface area contributed by atoms with Gasteiger partial charge >= 0.3 is 0 Å². The smallest absolute Gasteiger partial charge is 0.134 e. The van der Waals surface area contributed by atoms with E-state index in [0.717, 1.165) is 83.7 Å². The standard InChI is InChI=1S/C79H52N4O2/c1-51-78(84-60-45-54(43-58(49-60)82-70-31-14-8-25-62(70)63-26-9-15-32-71(63)82)52-39-41-76-68(47-52)66-29-12-18-35-74(66)80(76)56-21-4-2-5-22-56)37-20-38-79(51)85-61-46-55(44-59(50-61)83-72-33-16-10-27-64(72)65-28-11-17-34-73(65)83)53-40-42-77-69(48-53)67-30-13-19-36-75(67)81(77)57-23-6-3-7-24-57/h2-50H,1H3. The van der Waals surface area contributed by atoms with E-state index in [1.54, 1.807) is 0 Å². The molecule has 0 atom stereocenters. The van der Waals surface area contributed by atoms with Gasteiger partial charge in [0.1, 0.15) is 23.0 Å². The third kappa shape index (κ3) is 7.87. The third-order valence-electron chi connectivity index (χ3n) is 17.2. The molecule has 6 nitrogen and oxygen atoms in total. The lowest BCUT2D eigenvalue weighted by Gasteiger charge is -2.18. The molecule has 17 rings (SSSR count). The van der Waals surface area contributed by atoms with Gasteiger partial charge in [0.25, 0.3) is 0 Å². The average molecular weight is 1090 g/mol. The Bertz CT molecular complexity index is 5060. The van der Waals surface area contributed by atoms with Crippen molar-refractivity contribution in [1.29, 1.82) is 0 Å². The van der Waals surface area contributed by atoms with Crippen molar-refractivity contribution in [2.75, 3.05) is 0 Å². The average Bonchev–Trinajstić information content (AvgIpc) is 2.48. The summed E-state index contributed by atoms with van der Waals surface area (Å²) in [5, 5.41) is 9.56. The number of hydrogen-bond donors (Lipinski definition) is 0. The zero-order chi connectivity index (χ0) is 56.1. The number of benzene rings is 13. The molecule has 400 valence electrons. The molecule has 0 bridgehead atoms. The fourth-order valence-electron chi connectivity index (χ4n) is 13.4. The summed E-state index contributed by atoms with van der Waals surface area (Å²) >= 11 is 0. The molecule has 0 saturated carbocycles. The van der Waals surface area contributed by atoms with Crippen LogP contribution in [0.4, 0.5) is 0 Å². The van der Waals surface area contributed by atoms with Crippen LogP contribution in [0.5, 0.6) is 23.0 Å². The van der Waals surface area contributed by atoms with E-state index in [2.05, 4.69) is 304 Å². The molecule has 0 radical (unpaired) electrons. The topological polar surface area (TPSA) is 38.2 Å². The lowest BCUT2D eigenvalue weighted by Crippen LogP contribution is -1.98. The van der Waals surface area contributed by atoms with Crippen LogP contribution >= 0.6 is 0 Å². The first kappa shape index (κ1) is 48.4. The molecule has 0 unspecified atom stereocenters. The Labute approximate surface area is 490 Å². The van der Waals surface area contributed by atoms with Gasteiger partial charge < -0.3 is 27.7 Å². The zero-order valence-corrected chi connectivity index (χ0v) is 46.4. The van der Waals surface area contributed by atoms with Crippen LogP contribution in [0.2, 0.25) is 0 Å². The van der Waals surface area contributed by atoms with Crippen molar-refractivity contribution in [1.82, 2.24) is 18.3 Å². The summed E-state index contributed by atoms with van der Waals surface area (Å²) in [6, 6.07) is 106. The monoisotopic (exact) mass is 1090 g/mol. The Morgan fingerprint density at radius 3 is 0.859 bits per heavy atom. The molecule has 0 aliphatic heterocycles. The molecule has 0 saturated heterocycles. The number of aromatic nitrogens is 4. The van der Waals surface area contributed by atoms with Crippen LogP contribution < -0.4 is 9.47 Å². The molecular weight excluding hydrogens is 1040 g/mol. The minimum absolute atomic E-state index is 0.697. The quantitative estimate of drug-likeness (QED) is 0.137. The van der Waals surface area contributed by atoms with Gasteiger partial charge in [0, 0.05) is 72.2 Å². The first-order chi connectivity index (χ1) is 42.1. The van der Waals surface area contributed by atoms with Crippen LogP contribution in [-0.4, -0.2) is 18.3 Å². The lowest BCUT2D eigenvalue weighted by molar-refractivity contribution is 0.454. The Balaban J connectivity index is 0.806. The maximum absolute atomic E-state index is 7.21. The van der Waals surface area contributed by atoms with Gasteiger partial charge in [0.2, 0.25) is 0 Å². The molecule has 6 heteroatoms. The van der Waals surface area contributed by atoms with Gasteiger partial charge in [-0.25, -0.2) is 0 Å². The highest BCUT2D eigenvalue weighted by atomic mass is 16.5. The molecular formula is C79H52N4O2.